The van der Waals surface area contributed by atoms with E-state index in [2.05, 4.69) is 10.3 Å². The number of nitrogens with two attached hydrogens (primary N) is 2. The summed E-state index contributed by atoms with van der Waals surface area (Å²) in [5.41, 5.74) is 13.0. The first kappa shape index (κ1) is 12.4. The van der Waals surface area contributed by atoms with Crippen molar-refractivity contribution in [2.75, 3.05) is 7.11 Å². The van der Waals surface area contributed by atoms with Gasteiger partial charge in [-0.05, 0) is 12.1 Å². The van der Waals surface area contributed by atoms with E-state index < -0.39 is 5.79 Å². The molecule has 0 bridgehead atoms. The van der Waals surface area contributed by atoms with Gasteiger partial charge in [0.05, 0.1) is 7.11 Å². The van der Waals surface area contributed by atoms with Gasteiger partial charge in [0.25, 0.3) is 0 Å². The predicted octanol–water partition coefficient (Wildman–Crippen LogP) is 0.885. The summed E-state index contributed by atoms with van der Waals surface area (Å²) in [6.45, 7) is 1.99. The molecule has 0 spiro atoms. The van der Waals surface area contributed by atoms with E-state index in [0.29, 0.717) is 5.84 Å². The minimum atomic E-state index is -0.951. The van der Waals surface area contributed by atoms with Crippen molar-refractivity contribution in [1.29, 1.82) is 0 Å². The Morgan fingerprint density at radius 1 is 1.39 bits per heavy atom. The first-order valence-electron chi connectivity index (χ1n) is 5.78. The van der Waals surface area contributed by atoms with Crippen LogP contribution in [-0.4, -0.2) is 18.7 Å². The molecule has 1 aliphatic heterocycles. The molecule has 2 rings (SSSR count). The fourth-order valence-electron chi connectivity index (χ4n) is 2.03. The normalized spacial score (nSPS) is 24.1. The highest BCUT2D eigenvalue weighted by atomic mass is 16.5. The van der Waals surface area contributed by atoms with Crippen molar-refractivity contribution in [3.63, 3.8) is 0 Å². The monoisotopic (exact) mass is 246 g/mol. The highest BCUT2D eigenvalue weighted by Gasteiger charge is 2.34. The van der Waals surface area contributed by atoms with E-state index >= 15 is 0 Å². The van der Waals surface area contributed by atoms with E-state index in [1.807, 2.05) is 31.2 Å². The van der Waals surface area contributed by atoms with Gasteiger partial charge in [-0.1, -0.05) is 25.1 Å². The summed E-state index contributed by atoms with van der Waals surface area (Å²) >= 11 is 0. The van der Waals surface area contributed by atoms with E-state index in [0.717, 1.165) is 11.3 Å². The molecule has 0 aromatic heterocycles. The Morgan fingerprint density at radius 2 is 2.11 bits per heavy atom. The first-order chi connectivity index (χ1) is 8.57. The van der Waals surface area contributed by atoms with E-state index in [4.69, 9.17) is 16.2 Å². The molecule has 0 saturated heterocycles. The van der Waals surface area contributed by atoms with Crippen LogP contribution in [0.15, 0.2) is 41.5 Å². The van der Waals surface area contributed by atoms with Gasteiger partial charge >= 0.3 is 0 Å². The Hall–Kier alpha value is -2.01. The quantitative estimate of drug-likeness (QED) is 0.739. The summed E-state index contributed by atoms with van der Waals surface area (Å²) in [4.78, 5) is 4.28. The molecule has 1 unspecified atom stereocenters. The van der Waals surface area contributed by atoms with Gasteiger partial charge in [-0.25, -0.2) is 4.99 Å². The lowest BCUT2D eigenvalue weighted by molar-refractivity contribution is 0.320. The van der Waals surface area contributed by atoms with E-state index in [9.17, 15) is 0 Å². The van der Waals surface area contributed by atoms with E-state index in [1.165, 1.54) is 0 Å². The van der Waals surface area contributed by atoms with Gasteiger partial charge < -0.3 is 15.8 Å². The molecule has 0 fully saturated rings. The zero-order valence-corrected chi connectivity index (χ0v) is 10.6. The van der Waals surface area contributed by atoms with Crippen LogP contribution in [0, 0.1) is 0 Å². The number of hydrogen-bond acceptors (Lipinski definition) is 5. The molecule has 1 aromatic rings. The van der Waals surface area contributed by atoms with Gasteiger partial charge in [0, 0.05) is 17.7 Å². The van der Waals surface area contributed by atoms with E-state index in [1.54, 1.807) is 19.4 Å². The third-order valence-electron chi connectivity index (χ3n) is 3.15. The average molecular weight is 246 g/mol. The third-order valence-corrected chi connectivity index (χ3v) is 3.15. The van der Waals surface area contributed by atoms with Crippen molar-refractivity contribution in [2.24, 2.45) is 16.5 Å². The lowest BCUT2D eigenvalue weighted by atomic mass is 9.93. The molecule has 2 atom stereocenters. The lowest BCUT2D eigenvalue weighted by Crippen LogP contribution is -2.56. The molecule has 5 N–H and O–H groups in total. The maximum Gasteiger partial charge on any atom is 0.190 e. The molecule has 1 aromatic carbocycles. The molecule has 1 heterocycles. The summed E-state index contributed by atoms with van der Waals surface area (Å²) in [6.07, 6.45) is 3.40. The molecule has 18 heavy (non-hydrogen) atoms. The van der Waals surface area contributed by atoms with Gasteiger partial charge in [-0.3, -0.25) is 5.73 Å². The molecule has 0 saturated carbocycles. The number of benzene rings is 1. The third kappa shape index (κ3) is 2.17. The van der Waals surface area contributed by atoms with Crippen LogP contribution in [0.3, 0.4) is 0 Å². The second kappa shape index (κ2) is 4.70. The number of ether oxygens (including phenoxy) is 1. The summed E-state index contributed by atoms with van der Waals surface area (Å²) in [5, 5.41) is 3.05. The minimum Gasteiger partial charge on any atom is -0.496 e. The van der Waals surface area contributed by atoms with Gasteiger partial charge in [-0.2, -0.15) is 0 Å². The van der Waals surface area contributed by atoms with Gasteiger partial charge in [0.15, 0.2) is 5.79 Å². The maximum atomic E-state index is 6.26. The number of methoxy groups -OCH3 is 1. The molecule has 0 amide bonds. The Kier molecular flexibility index (Phi) is 3.25. The van der Waals surface area contributed by atoms with Crippen molar-refractivity contribution >= 4 is 5.84 Å². The Morgan fingerprint density at radius 3 is 2.78 bits per heavy atom. The Balaban J connectivity index is 2.36. The Bertz CT molecular complexity index is 498. The number of aliphatic imine (C=N–C) groups is 1. The van der Waals surface area contributed by atoms with E-state index in [-0.39, 0.29) is 5.92 Å². The number of nitrogens with zero attached hydrogens (tertiary/aromatic N) is 1. The summed E-state index contributed by atoms with van der Waals surface area (Å²) in [7, 11) is 1.64. The van der Waals surface area contributed by atoms with Crippen LogP contribution in [0.5, 0.6) is 5.75 Å². The predicted molar refractivity (Wildman–Crippen MR) is 72.2 cm³/mol. The minimum absolute atomic E-state index is 0.0860. The van der Waals surface area contributed by atoms with Crippen molar-refractivity contribution in [2.45, 2.75) is 18.6 Å². The van der Waals surface area contributed by atoms with Gasteiger partial charge in [0.1, 0.15) is 11.6 Å². The van der Waals surface area contributed by atoms with Crippen LogP contribution in [0.25, 0.3) is 0 Å². The van der Waals surface area contributed by atoms with Crippen LogP contribution in [0.2, 0.25) is 0 Å². The van der Waals surface area contributed by atoms with Crippen LogP contribution in [-0.2, 0) is 0 Å². The zero-order valence-electron chi connectivity index (χ0n) is 10.6. The SMILES string of the molecule is COc1ccccc1[C@H](C)C1(N)N=C(N)C=CN1. The molecule has 96 valence electrons. The fraction of sp³-hybridized carbons (Fsp3) is 0.308. The van der Waals surface area contributed by atoms with Crippen molar-refractivity contribution in [3.05, 3.63) is 42.1 Å². The Labute approximate surface area is 107 Å². The van der Waals surface area contributed by atoms with Crippen LogP contribution >= 0.6 is 0 Å². The number of amidine groups is 1. The molecular formula is C13H18N4O. The standard InChI is InChI=1S/C13H18N4O/c1-9(10-5-3-4-6-11(10)18-2)13(15)16-8-7-12(14)17-13/h3-9,16H,15H2,1-2H3,(H2,14,17)/t9-,13?/m0/s1. The van der Waals surface area contributed by atoms with Gasteiger partial charge in [-0.15, -0.1) is 0 Å². The van der Waals surface area contributed by atoms with Gasteiger partial charge in [0.2, 0.25) is 0 Å². The lowest BCUT2D eigenvalue weighted by Gasteiger charge is -2.34. The number of nitrogens with one attached hydrogen (secondary N) is 1. The topological polar surface area (TPSA) is 85.7 Å². The molecule has 5 heteroatoms. The second-order valence-corrected chi connectivity index (χ2v) is 4.30. The second-order valence-electron chi connectivity index (χ2n) is 4.30. The fourth-order valence-corrected chi connectivity index (χ4v) is 2.03. The van der Waals surface area contributed by atoms with Crippen molar-refractivity contribution < 1.29 is 4.74 Å². The highest BCUT2D eigenvalue weighted by Crippen LogP contribution is 2.32. The number of para-hydroxylation sites is 1. The summed E-state index contributed by atoms with van der Waals surface area (Å²) in [5.74, 6) is 0.170. The number of hydrogen-bond donors (Lipinski definition) is 3. The average Bonchev–Trinajstić information content (AvgIpc) is 2.37. The molecular weight excluding hydrogens is 228 g/mol. The largest absolute Gasteiger partial charge is 0.496 e. The highest BCUT2D eigenvalue weighted by molar-refractivity contribution is 5.92. The molecule has 0 aliphatic carbocycles. The van der Waals surface area contributed by atoms with Crippen molar-refractivity contribution in [3.8, 4) is 5.75 Å². The van der Waals surface area contributed by atoms with Crippen LogP contribution in [0.1, 0.15) is 18.4 Å². The summed E-state index contributed by atoms with van der Waals surface area (Å²) in [6, 6.07) is 7.75. The number of rotatable bonds is 3. The summed E-state index contributed by atoms with van der Waals surface area (Å²) < 4.78 is 5.35. The first-order valence-corrected chi connectivity index (χ1v) is 5.78. The van der Waals surface area contributed by atoms with Crippen LogP contribution in [0.4, 0.5) is 0 Å². The van der Waals surface area contributed by atoms with Crippen LogP contribution < -0.4 is 21.5 Å². The zero-order chi connectivity index (χ0) is 13.2. The molecule has 1 aliphatic rings. The molecule has 5 nitrogen and oxygen atoms in total. The maximum absolute atomic E-state index is 6.26. The smallest absolute Gasteiger partial charge is 0.190 e. The molecule has 0 radical (unpaired) electrons. The van der Waals surface area contributed by atoms with Crippen molar-refractivity contribution in [1.82, 2.24) is 5.32 Å².